The fourth-order valence-electron chi connectivity index (χ4n) is 2.76. The van der Waals surface area contributed by atoms with Gasteiger partial charge in [-0.15, -0.1) is 0 Å². The first kappa shape index (κ1) is 18.4. The standard InChI is InChI=1S/C19H25N5OS/c1-15-17(22-14-21-15)13-26-12-8-20-19(25)23(2)10-11-24-9-7-16-5-3-4-6-18(16)24/h3-7,9,14H,8,10-13H2,1-2H3,(H,20,25)(H,21,22). The number of carbonyl (C=O) groups is 1. The van der Waals surface area contributed by atoms with Crippen LogP contribution in [0.3, 0.4) is 0 Å². The lowest BCUT2D eigenvalue weighted by Gasteiger charge is -2.18. The van der Waals surface area contributed by atoms with E-state index in [4.69, 9.17) is 0 Å². The molecule has 0 aliphatic carbocycles. The van der Waals surface area contributed by atoms with Crippen molar-refractivity contribution in [1.29, 1.82) is 0 Å². The van der Waals surface area contributed by atoms with E-state index >= 15 is 0 Å². The van der Waals surface area contributed by atoms with E-state index in [-0.39, 0.29) is 6.03 Å². The van der Waals surface area contributed by atoms with Gasteiger partial charge in [-0.2, -0.15) is 11.8 Å². The van der Waals surface area contributed by atoms with Crippen molar-refractivity contribution in [2.75, 3.05) is 25.9 Å². The lowest BCUT2D eigenvalue weighted by molar-refractivity contribution is 0.208. The molecule has 2 heterocycles. The number of imidazole rings is 1. The van der Waals surface area contributed by atoms with E-state index in [1.807, 2.05) is 26.1 Å². The number of hydrogen-bond acceptors (Lipinski definition) is 3. The summed E-state index contributed by atoms with van der Waals surface area (Å²) in [5.74, 6) is 1.73. The normalized spacial score (nSPS) is 11.0. The SMILES string of the molecule is Cc1[nH]cnc1CSCCNC(=O)N(C)CCn1ccc2ccccc21. The van der Waals surface area contributed by atoms with Crippen molar-refractivity contribution in [2.24, 2.45) is 0 Å². The van der Waals surface area contributed by atoms with Gasteiger partial charge in [0, 0.05) is 55.6 Å². The maximum Gasteiger partial charge on any atom is 0.317 e. The molecule has 0 spiro atoms. The molecule has 3 rings (SSSR count). The van der Waals surface area contributed by atoms with Gasteiger partial charge in [0.2, 0.25) is 0 Å². The van der Waals surface area contributed by atoms with Crippen LogP contribution in [0, 0.1) is 6.92 Å². The van der Waals surface area contributed by atoms with Crippen LogP contribution in [0.15, 0.2) is 42.9 Å². The summed E-state index contributed by atoms with van der Waals surface area (Å²) >= 11 is 1.77. The summed E-state index contributed by atoms with van der Waals surface area (Å²) in [6, 6.07) is 10.4. The minimum absolute atomic E-state index is 0.0296. The average Bonchev–Trinajstić information content (AvgIpc) is 3.25. The van der Waals surface area contributed by atoms with Gasteiger partial charge in [0.05, 0.1) is 12.0 Å². The number of rotatable bonds is 8. The summed E-state index contributed by atoms with van der Waals surface area (Å²) in [5, 5.41) is 4.20. The molecule has 26 heavy (non-hydrogen) atoms. The Morgan fingerprint density at radius 3 is 3.00 bits per heavy atom. The molecule has 0 aliphatic rings. The molecule has 0 saturated heterocycles. The highest BCUT2D eigenvalue weighted by Gasteiger charge is 2.09. The van der Waals surface area contributed by atoms with Crippen molar-refractivity contribution < 1.29 is 4.79 Å². The molecular formula is C19H25N5OS. The second-order valence-electron chi connectivity index (χ2n) is 6.25. The number of aryl methyl sites for hydroxylation is 1. The smallest absolute Gasteiger partial charge is 0.317 e. The number of aromatic amines is 1. The van der Waals surface area contributed by atoms with E-state index in [0.29, 0.717) is 13.1 Å². The molecule has 0 radical (unpaired) electrons. The first-order valence-corrected chi connectivity index (χ1v) is 9.90. The molecule has 2 N–H and O–H groups in total. The monoisotopic (exact) mass is 371 g/mol. The molecule has 7 heteroatoms. The molecule has 0 aliphatic heterocycles. The number of urea groups is 1. The van der Waals surface area contributed by atoms with Crippen molar-refractivity contribution in [1.82, 2.24) is 24.8 Å². The number of nitrogens with one attached hydrogen (secondary N) is 2. The summed E-state index contributed by atoms with van der Waals surface area (Å²) in [4.78, 5) is 21.3. The third-order valence-corrected chi connectivity index (χ3v) is 5.37. The van der Waals surface area contributed by atoms with E-state index in [0.717, 1.165) is 29.4 Å². The van der Waals surface area contributed by atoms with Crippen molar-refractivity contribution in [3.8, 4) is 0 Å². The molecular weight excluding hydrogens is 346 g/mol. The highest BCUT2D eigenvalue weighted by atomic mass is 32.2. The van der Waals surface area contributed by atoms with Gasteiger partial charge >= 0.3 is 6.03 Å². The molecule has 1 aromatic carbocycles. The number of H-pyrrole nitrogens is 1. The van der Waals surface area contributed by atoms with E-state index < -0.39 is 0 Å². The molecule has 0 atom stereocenters. The molecule has 6 nitrogen and oxygen atoms in total. The number of nitrogens with zero attached hydrogens (tertiary/aromatic N) is 3. The Kier molecular flexibility index (Phi) is 6.22. The van der Waals surface area contributed by atoms with Crippen LogP contribution in [0.4, 0.5) is 4.79 Å². The zero-order chi connectivity index (χ0) is 18.4. The number of fused-ring (bicyclic) bond motifs is 1. The fraction of sp³-hybridized carbons (Fsp3) is 0.368. The third-order valence-electron chi connectivity index (χ3n) is 4.40. The summed E-state index contributed by atoms with van der Waals surface area (Å²) < 4.78 is 2.18. The van der Waals surface area contributed by atoms with Crippen molar-refractivity contribution in [3.05, 3.63) is 54.2 Å². The Labute approximate surface area is 158 Å². The Balaban J connectivity index is 1.36. The molecule has 0 unspecified atom stereocenters. The molecule has 0 saturated carbocycles. The maximum atomic E-state index is 12.2. The van der Waals surface area contributed by atoms with E-state index in [9.17, 15) is 4.79 Å². The zero-order valence-corrected chi connectivity index (χ0v) is 16.1. The van der Waals surface area contributed by atoms with Crippen molar-refractivity contribution in [2.45, 2.75) is 19.2 Å². The van der Waals surface area contributed by atoms with Gasteiger partial charge in [0.25, 0.3) is 0 Å². The van der Waals surface area contributed by atoms with Crippen molar-refractivity contribution in [3.63, 3.8) is 0 Å². The first-order valence-electron chi connectivity index (χ1n) is 8.74. The second kappa shape index (κ2) is 8.80. The molecule has 2 aromatic heterocycles. The largest absolute Gasteiger partial charge is 0.348 e. The number of likely N-dealkylation sites (N-methyl/N-ethyl adjacent to an activating group) is 1. The number of benzene rings is 1. The Bertz CT molecular complexity index is 856. The Morgan fingerprint density at radius 1 is 1.35 bits per heavy atom. The predicted octanol–water partition coefficient (Wildman–Crippen LogP) is 3.25. The van der Waals surface area contributed by atoms with Gasteiger partial charge in [-0.05, 0) is 24.4 Å². The zero-order valence-electron chi connectivity index (χ0n) is 15.2. The van der Waals surface area contributed by atoms with Crippen LogP contribution in [-0.4, -0.2) is 51.4 Å². The quantitative estimate of drug-likeness (QED) is 0.598. The summed E-state index contributed by atoms with van der Waals surface area (Å²) in [6.45, 7) is 4.13. The van der Waals surface area contributed by atoms with Gasteiger partial charge in [0.15, 0.2) is 0 Å². The van der Waals surface area contributed by atoms with Crippen LogP contribution in [0.25, 0.3) is 10.9 Å². The van der Waals surface area contributed by atoms with E-state index in [2.05, 4.69) is 44.2 Å². The van der Waals surface area contributed by atoms with Crippen LogP contribution in [-0.2, 0) is 12.3 Å². The van der Waals surface area contributed by atoms with Gasteiger partial charge in [-0.25, -0.2) is 9.78 Å². The maximum absolute atomic E-state index is 12.2. The van der Waals surface area contributed by atoms with Crippen LogP contribution >= 0.6 is 11.8 Å². The lowest BCUT2D eigenvalue weighted by Crippen LogP contribution is -2.39. The molecule has 0 fully saturated rings. The fourth-order valence-corrected chi connectivity index (χ4v) is 3.64. The summed E-state index contributed by atoms with van der Waals surface area (Å²) in [7, 11) is 1.83. The lowest BCUT2D eigenvalue weighted by atomic mass is 10.2. The number of hydrogen-bond donors (Lipinski definition) is 2. The topological polar surface area (TPSA) is 66.0 Å². The first-order chi connectivity index (χ1) is 12.6. The minimum Gasteiger partial charge on any atom is -0.348 e. The Hall–Kier alpha value is -2.41. The third kappa shape index (κ3) is 4.60. The number of carbonyl (C=O) groups excluding carboxylic acids is 1. The predicted molar refractivity (Wildman–Crippen MR) is 107 cm³/mol. The van der Waals surface area contributed by atoms with Gasteiger partial charge in [0.1, 0.15) is 0 Å². The van der Waals surface area contributed by atoms with Gasteiger partial charge in [-0.3, -0.25) is 0 Å². The van der Waals surface area contributed by atoms with Crippen LogP contribution in [0.1, 0.15) is 11.4 Å². The van der Waals surface area contributed by atoms with Crippen LogP contribution in [0.2, 0.25) is 0 Å². The second-order valence-corrected chi connectivity index (χ2v) is 7.35. The van der Waals surface area contributed by atoms with Crippen LogP contribution in [0.5, 0.6) is 0 Å². The van der Waals surface area contributed by atoms with E-state index in [1.54, 1.807) is 23.0 Å². The van der Waals surface area contributed by atoms with Crippen LogP contribution < -0.4 is 5.32 Å². The molecule has 2 amide bonds. The highest BCUT2D eigenvalue weighted by molar-refractivity contribution is 7.98. The molecule has 138 valence electrons. The number of amides is 2. The van der Waals surface area contributed by atoms with Crippen molar-refractivity contribution >= 4 is 28.7 Å². The van der Waals surface area contributed by atoms with Gasteiger partial charge < -0.3 is 19.8 Å². The van der Waals surface area contributed by atoms with Gasteiger partial charge in [-0.1, -0.05) is 18.2 Å². The number of para-hydroxylation sites is 1. The minimum atomic E-state index is -0.0296. The summed E-state index contributed by atoms with van der Waals surface area (Å²) in [6.07, 6.45) is 3.79. The van der Waals surface area contributed by atoms with E-state index in [1.165, 1.54) is 10.9 Å². The Morgan fingerprint density at radius 2 is 2.19 bits per heavy atom. The highest BCUT2D eigenvalue weighted by Crippen LogP contribution is 2.15. The number of aromatic nitrogens is 3. The average molecular weight is 372 g/mol. The molecule has 3 aromatic rings. The molecule has 0 bridgehead atoms. The number of thioether (sulfide) groups is 1. The summed E-state index contributed by atoms with van der Waals surface area (Å²) in [5.41, 5.74) is 3.39.